The molecule has 2 aromatic heterocycles. The van der Waals surface area contributed by atoms with Crippen LogP contribution in [0, 0.1) is 5.92 Å². The molecule has 1 amide bonds. The first-order chi connectivity index (χ1) is 8.06. The third-order valence-corrected chi connectivity index (χ3v) is 4.49. The van der Waals surface area contributed by atoms with Gasteiger partial charge in [0.2, 0.25) is 5.91 Å². The summed E-state index contributed by atoms with van der Waals surface area (Å²) in [7, 11) is 0. The van der Waals surface area contributed by atoms with Crippen molar-refractivity contribution in [2.75, 3.05) is 5.32 Å². The van der Waals surface area contributed by atoms with E-state index in [9.17, 15) is 4.79 Å². The van der Waals surface area contributed by atoms with Crippen LogP contribution in [0.25, 0.3) is 10.6 Å². The van der Waals surface area contributed by atoms with Crippen molar-refractivity contribution >= 4 is 49.6 Å². The molecule has 90 valence electrons. The Morgan fingerprint density at radius 2 is 2.24 bits per heavy atom. The fourth-order valence-electron chi connectivity index (χ4n) is 1.15. The van der Waals surface area contributed by atoms with Gasteiger partial charge in [-0.2, -0.15) is 0 Å². The number of amides is 1. The first kappa shape index (κ1) is 12.7. The van der Waals surface area contributed by atoms with Crippen molar-refractivity contribution in [1.29, 1.82) is 0 Å². The molecule has 0 saturated heterocycles. The molecule has 0 aliphatic carbocycles. The van der Waals surface area contributed by atoms with Crippen LogP contribution >= 0.6 is 38.6 Å². The molecule has 3 nitrogen and oxygen atoms in total. The number of rotatable bonds is 3. The van der Waals surface area contributed by atoms with E-state index >= 15 is 0 Å². The first-order valence-electron chi connectivity index (χ1n) is 5.08. The van der Waals surface area contributed by atoms with E-state index in [1.807, 2.05) is 31.4 Å². The van der Waals surface area contributed by atoms with Gasteiger partial charge in [0.1, 0.15) is 0 Å². The second-order valence-corrected chi connectivity index (χ2v) is 7.11. The van der Waals surface area contributed by atoms with Crippen molar-refractivity contribution in [1.82, 2.24) is 4.98 Å². The number of carbonyl (C=O) groups excluding carboxylic acids is 1. The standard InChI is InChI=1S/C11H11BrN2OS2/c1-6(2)10(15)14-11-13-7(5-16-11)8-3-4-9(12)17-8/h3-6H,1-2H3,(H,13,14,15). The van der Waals surface area contributed by atoms with Crippen LogP contribution in [0.3, 0.4) is 0 Å². The maximum atomic E-state index is 11.5. The lowest BCUT2D eigenvalue weighted by Gasteiger charge is -2.03. The molecular formula is C11H11BrN2OS2. The van der Waals surface area contributed by atoms with Crippen LogP contribution in [-0.2, 0) is 4.79 Å². The number of hydrogen-bond acceptors (Lipinski definition) is 4. The number of nitrogens with zero attached hydrogens (tertiary/aromatic N) is 1. The summed E-state index contributed by atoms with van der Waals surface area (Å²) < 4.78 is 1.08. The SMILES string of the molecule is CC(C)C(=O)Nc1nc(-c2ccc(Br)s2)cs1. The number of thiazole rings is 1. The molecule has 2 heterocycles. The molecule has 0 aromatic carbocycles. The van der Waals surface area contributed by atoms with Gasteiger partial charge in [-0.05, 0) is 28.1 Å². The number of carbonyl (C=O) groups is 1. The summed E-state index contributed by atoms with van der Waals surface area (Å²) in [6.45, 7) is 3.72. The topological polar surface area (TPSA) is 42.0 Å². The predicted molar refractivity (Wildman–Crippen MR) is 76.6 cm³/mol. The van der Waals surface area contributed by atoms with Crippen molar-refractivity contribution in [3.63, 3.8) is 0 Å². The Morgan fingerprint density at radius 1 is 1.47 bits per heavy atom. The highest BCUT2D eigenvalue weighted by atomic mass is 79.9. The summed E-state index contributed by atoms with van der Waals surface area (Å²) in [5, 5.41) is 5.41. The average molecular weight is 331 g/mol. The van der Waals surface area contributed by atoms with Crippen LogP contribution in [0.4, 0.5) is 5.13 Å². The summed E-state index contributed by atoms with van der Waals surface area (Å²) >= 11 is 6.50. The zero-order valence-corrected chi connectivity index (χ0v) is 12.6. The van der Waals surface area contributed by atoms with Crippen LogP contribution in [0.5, 0.6) is 0 Å². The molecule has 2 rings (SSSR count). The lowest BCUT2D eigenvalue weighted by atomic mass is 10.2. The summed E-state index contributed by atoms with van der Waals surface area (Å²) in [6, 6.07) is 4.00. The zero-order chi connectivity index (χ0) is 12.4. The molecule has 0 spiro atoms. The number of anilines is 1. The Bertz CT molecular complexity index is 533. The van der Waals surface area contributed by atoms with Crippen molar-refractivity contribution in [3.8, 4) is 10.6 Å². The zero-order valence-electron chi connectivity index (χ0n) is 9.36. The fraction of sp³-hybridized carbons (Fsp3) is 0.273. The molecule has 6 heteroatoms. The van der Waals surface area contributed by atoms with Crippen LogP contribution in [0.1, 0.15) is 13.8 Å². The van der Waals surface area contributed by atoms with Gasteiger partial charge in [0, 0.05) is 11.3 Å². The lowest BCUT2D eigenvalue weighted by Crippen LogP contribution is -2.17. The third-order valence-electron chi connectivity index (χ3n) is 2.08. The van der Waals surface area contributed by atoms with Gasteiger partial charge in [-0.3, -0.25) is 4.79 Å². The second-order valence-electron chi connectivity index (χ2n) is 3.79. The minimum atomic E-state index is -0.0294. The molecule has 0 saturated carbocycles. The quantitative estimate of drug-likeness (QED) is 0.914. The maximum absolute atomic E-state index is 11.5. The average Bonchev–Trinajstić information content (AvgIpc) is 2.86. The molecule has 1 N–H and O–H groups in total. The summed E-state index contributed by atoms with van der Waals surface area (Å²) in [5.74, 6) is -0.0310. The van der Waals surface area contributed by atoms with E-state index in [0.29, 0.717) is 5.13 Å². The van der Waals surface area contributed by atoms with E-state index < -0.39 is 0 Å². The molecule has 0 aliphatic rings. The van der Waals surface area contributed by atoms with Crippen LogP contribution in [-0.4, -0.2) is 10.9 Å². The largest absolute Gasteiger partial charge is 0.302 e. The summed E-state index contributed by atoms with van der Waals surface area (Å²) in [4.78, 5) is 17.0. The minimum absolute atomic E-state index is 0.00161. The van der Waals surface area contributed by atoms with E-state index in [0.717, 1.165) is 14.4 Å². The Balaban J connectivity index is 2.14. The van der Waals surface area contributed by atoms with Crippen molar-refractivity contribution in [2.24, 2.45) is 5.92 Å². The van der Waals surface area contributed by atoms with Crippen molar-refractivity contribution in [3.05, 3.63) is 21.3 Å². The van der Waals surface area contributed by atoms with Gasteiger partial charge < -0.3 is 5.32 Å². The van der Waals surface area contributed by atoms with Gasteiger partial charge in [0.15, 0.2) is 5.13 Å². The van der Waals surface area contributed by atoms with Gasteiger partial charge in [-0.25, -0.2) is 4.98 Å². The molecule has 17 heavy (non-hydrogen) atoms. The smallest absolute Gasteiger partial charge is 0.228 e. The molecule has 0 atom stereocenters. The molecule has 2 aromatic rings. The molecule has 0 unspecified atom stereocenters. The highest BCUT2D eigenvalue weighted by Gasteiger charge is 2.11. The molecule has 0 fully saturated rings. The van der Waals surface area contributed by atoms with Crippen molar-refractivity contribution < 1.29 is 4.79 Å². The number of aromatic nitrogens is 1. The summed E-state index contributed by atoms with van der Waals surface area (Å²) in [6.07, 6.45) is 0. The number of halogens is 1. The van der Waals surface area contributed by atoms with Crippen LogP contribution in [0.15, 0.2) is 21.3 Å². The second kappa shape index (κ2) is 5.29. The van der Waals surface area contributed by atoms with Crippen molar-refractivity contribution in [2.45, 2.75) is 13.8 Å². The molecule has 0 radical (unpaired) electrons. The van der Waals surface area contributed by atoms with Gasteiger partial charge >= 0.3 is 0 Å². The maximum Gasteiger partial charge on any atom is 0.228 e. The van der Waals surface area contributed by atoms with Gasteiger partial charge in [0.25, 0.3) is 0 Å². The van der Waals surface area contributed by atoms with Gasteiger partial charge in [-0.15, -0.1) is 22.7 Å². The van der Waals surface area contributed by atoms with E-state index in [2.05, 4.69) is 26.2 Å². The number of nitrogens with one attached hydrogen (secondary N) is 1. The highest BCUT2D eigenvalue weighted by molar-refractivity contribution is 9.11. The fourth-order valence-corrected chi connectivity index (χ4v) is 3.28. The van der Waals surface area contributed by atoms with Gasteiger partial charge in [-0.1, -0.05) is 13.8 Å². The van der Waals surface area contributed by atoms with Crippen LogP contribution < -0.4 is 5.32 Å². The monoisotopic (exact) mass is 330 g/mol. The normalized spacial score (nSPS) is 10.8. The Labute approximate surface area is 116 Å². The van der Waals surface area contributed by atoms with E-state index in [1.165, 1.54) is 11.3 Å². The minimum Gasteiger partial charge on any atom is -0.302 e. The molecule has 0 aliphatic heterocycles. The van der Waals surface area contributed by atoms with Crippen LogP contribution in [0.2, 0.25) is 0 Å². The highest BCUT2D eigenvalue weighted by Crippen LogP contribution is 2.33. The first-order valence-corrected chi connectivity index (χ1v) is 7.57. The third kappa shape index (κ3) is 3.14. The van der Waals surface area contributed by atoms with E-state index in [1.54, 1.807) is 11.3 Å². The lowest BCUT2D eigenvalue weighted by molar-refractivity contribution is -0.118. The van der Waals surface area contributed by atoms with E-state index in [4.69, 9.17) is 0 Å². The molecule has 0 bridgehead atoms. The Kier molecular flexibility index (Phi) is 3.96. The van der Waals surface area contributed by atoms with E-state index in [-0.39, 0.29) is 11.8 Å². The Morgan fingerprint density at radius 3 is 2.82 bits per heavy atom. The molecular weight excluding hydrogens is 320 g/mol. The number of thiophene rings is 1. The number of hydrogen-bond donors (Lipinski definition) is 1. The van der Waals surface area contributed by atoms with Gasteiger partial charge in [0.05, 0.1) is 14.4 Å². The summed E-state index contributed by atoms with van der Waals surface area (Å²) in [5.41, 5.74) is 0.907. The Hall–Kier alpha value is -0.720. The predicted octanol–water partition coefficient (Wildman–Crippen LogP) is 4.23.